The van der Waals surface area contributed by atoms with Crippen LogP contribution in [0.4, 0.5) is 0 Å². The first-order valence-corrected chi connectivity index (χ1v) is 8.88. The van der Waals surface area contributed by atoms with E-state index in [9.17, 15) is 4.79 Å². The molecule has 0 aromatic heterocycles. The SMILES string of the molecule is O=C(/C=C\Cc1ccccc1)N(Cc1ccccc1)Cc1ccccc1. The Morgan fingerprint density at radius 2 is 1.08 bits per heavy atom. The lowest BCUT2D eigenvalue weighted by molar-refractivity contribution is -0.127. The third kappa shape index (κ3) is 5.45. The molecule has 1 amide bonds. The molecule has 0 aliphatic heterocycles. The van der Waals surface area contributed by atoms with Gasteiger partial charge < -0.3 is 4.90 Å². The van der Waals surface area contributed by atoms with Gasteiger partial charge in [-0.1, -0.05) is 97.1 Å². The van der Waals surface area contributed by atoms with Crippen LogP contribution in [0.15, 0.2) is 103 Å². The Kier molecular flexibility index (Phi) is 6.38. The zero-order valence-corrected chi connectivity index (χ0v) is 14.8. The number of hydrogen-bond acceptors (Lipinski definition) is 1. The van der Waals surface area contributed by atoms with Crippen molar-refractivity contribution in [2.75, 3.05) is 0 Å². The van der Waals surface area contributed by atoms with Crippen LogP contribution in [0.2, 0.25) is 0 Å². The summed E-state index contributed by atoms with van der Waals surface area (Å²) in [5.74, 6) is 0.0358. The van der Waals surface area contributed by atoms with E-state index in [2.05, 4.69) is 36.4 Å². The highest BCUT2D eigenvalue weighted by molar-refractivity contribution is 5.87. The molecule has 3 aromatic carbocycles. The molecule has 0 aliphatic rings. The number of allylic oxidation sites excluding steroid dienone is 1. The summed E-state index contributed by atoms with van der Waals surface area (Å²) in [5, 5.41) is 0. The molecular formula is C24H23NO. The van der Waals surface area contributed by atoms with Crippen LogP contribution in [0, 0.1) is 0 Å². The van der Waals surface area contributed by atoms with Gasteiger partial charge in [0, 0.05) is 13.1 Å². The number of hydrogen-bond donors (Lipinski definition) is 0. The first-order valence-electron chi connectivity index (χ1n) is 8.88. The van der Waals surface area contributed by atoms with Crippen molar-refractivity contribution < 1.29 is 4.79 Å². The van der Waals surface area contributed by atoms with E-state index in [0.717, 1.165) is 17.5 Å². The Morgan fingerprint density at radius 3 is 1.54 bits per heavy atom. The number of benzene rings is 3. The minimum absolute atomic E-state index is 0.0358. The smallest absolute Gasteiger partial charge is 0.246 e. The molecular weight excluding hydrogens is 318 g/mol. The number of nitrogens with zero attached hydrogens (tertiary/aromatic N) is 1. The maximum Gasteiger partial charge on any atom is 0.246 e. The van der Waals surface area contributed by atoms with Crippen LogP contribution in [0.25, 0.3) is 0 Å². The maximum atomic E-state index is 12.8. The van der Waals surface area contributed by atoms with E-state index in [1.807, 2.05) is 65.6 Å². The molecule has 2 nitrogen and oxygen atoms in total. The Labute approximate surface area is 155 Å². The van der Waals surface area contributed by atoms with Crippen LogP contribution in [0.5, 0.6) is 0 Å². The second-order valence-corrected chi connectivity index (χ2v) is 6.26. The average molecular weight is 341 g/mol. The average Bonchev–Trinajstić information content (AvgIpc) is 2.70. The van der Waals surface area contributed by atoms with E-state index >= 15 is 0 Å². The Morgan fingerprint density at radius 1 is 0.654 bits per heavy atom. The van der Waals surface area contributed by atoms with E-state index in [0.29, 0.717) is 13.1 Å². The van der Waals surface area contributed by atoms with Gasteiger partial charge in [-0.3, -0.25) is 4.79 Å². The summed E-state index contributed by atoms with van der Waals surface area (Å²) in [4.78, 5) is 14.7. The largest absolute Gasteiger partial charge is 0.331 e. The fraction of sp³-hybridized carbons (Fsp3) is 0.125. The van der Waals surface area contributed by atoms with Gasteiger partial charge >= 0.3 is 0 Å². The molecule has 26 heavy (non-hydrogen) atoms. The van der Waals surface area contributed by atoms with Crippen molar-refractivity contribution in [2.45, 2.75) is 19.5 Å². The lowest BCUT2D eigenvalue weighted by Gasteiger charge is -2.21. The molecule has 3 aromatic rings. The van der Waals surface area contributed by atoms with Crippen molar-refractivity contribution in [3.63, 3.8) is 0 Å². The zero-order chi connectivity index (χ0) is 18.0. The number of rotatable bonds is 7. The number of carbonyl (C=O) groups is 1. The van der Waals surface area contributed by atoms with Gasteiger partial charge in [-0.2, -0.15) is 0 Å². The van der Waals surface area contributed by atoms with Gasteiger partial charge in [0.2, 0.25) is 5.91 Å². The molecule has 130 valence electrons. The molecule has 0 spiro atoms. The molecule has 2 heteroatoms. The molecule has 0 saturated heterocycles. The van der Waals surface area contributed by atoms with Gasteiger partial charge in [0.15, 0.2) is 0 Å². The zero-order valence-electron chi connectivity index (χ0n) is 14.8. The normalized spacial score (nSPS) is 10.8. The van der Waals surface area contributed by atoms with Gasteiger partial charge in [0.05, 0.1) is 0 Å². The molecule has 0 N–H and O–H groups in total. The fourth-order valence-corrected chi connectivity index (χ4v) is 2.83. The van der Waals surface area contributed by atoms with E-state index < -0.39 is 0 Å². The highest BCUT2D eigenvalue weighted by Crippen LogP contribution is 2.11. The third-order valence-corrected chi connectivity index (χ3v) is 4.20. The molecule has 0 unspecified atom stereocenters. The van der Waals surface area contributed by atoms with Crippen LogP contribution in [0.1, 0.15) is 16.7 Å². The van der Waals surface area contributed by atoms with E-state index in [4.69, 9.17) is 0 Å². The van der Waals surface area contributed by atoms with Crippen molar-refractivity contribution >= 4 is 5.91 Å². The Balaban J connectivity index is 1.70. The summed E-state index contributed by atoms with van der Waals surface area (Å²) in [5.41, 5.74) is 3.47. The summed E-state index contributed by atoms with van der Waals surface area (Å²) < 4.78 is 0. The quantitative estimate of drug-likeness (QED) is 0.553. The molecule has 0 aliphatic carbocycles. The monoisotopic (exact) mass is 341 g/mol. The predicted molar refractivity (Wildman–Crippen MR) is 106 cm³/mol. The van der Waals surface area contributed by atoms with Crippen LogP contribution in [-0.4, -0.2) is 10.8 Å². The van der Waals surface area contributed by atoms with E-state index in [1.165, 1.54) is 5.56 Å². The summed E-state index contributed by atoms with van der Waals surface area (Å²) in [7, 11) is 0. The van der Waals surface area contributed by atoms with Gasteiger partial charge in [0.25, 0.3) is 0 Å². The van der Waals surface area contributed by atoms with Crippen LogP contribution in [0.3, 0.4) is 0 Å². The maximum absolute atomic E-state index is 12.8. The summed E-state index contributed by atoms with van der Waals surface area (Å²) in [6.45, 7) is 1.20. The third-order valence-electron chi connectivity index (χ3n) is 4.20. The Bertz CT molecular complexity index is 784. The van der Waals surface area contributed by atoms with Gasteiger partial charge in [0.1, 0.15) is 0 Å². The van der Waals surface area contributed by atoms with Crippen molar-refractivity contribution in [2.24, 2.45) is 0 Å². The fourth-order valence-electron chi connectivity index (χ4n) is 2.83. The molecule has 3 rings (SSSR count). The summed E-state index contributed by atoms with van der Waals surface area (Å²) >= 11 is 0. The lowest BCUT2D eigenvalue weighted by Crippen LogP contribution is -2.28. The standard InChI is InChI=1S/C24H23NO/c26-24(18-10-17-21-11-4-1-5-12-21)25(19-22-13-6-2-7-14-22)20-23-15-8-3-9-16-23/h1-16,18H,17,19-20H2/b18-10-. The minimum Gasteiger partial charge on any atom is -0.331 e. The Hall–Kier alpha value is -3.13. The first-order chi connectivity index (χ1) is 12.8. The topological polar surface area (TPSA) is 20.3 Å². The molecule has 0 fully saturated rings. The van der Waals surface area contributed by atoms with E-state index in [-0.39, 0.29) is 5.91 Å². The van der Waals surface area contributed by atoms with Crippen LogP contribution < -0.4 is 0 Å². The second-order valence-electron chi connectivity index (χ2n) is 6.26. The second kappa shape index (κ2) is 9.38. The minimum atomic E-state index is 0.0358. The molecule has 0 saturated carbocycles. The van der Waals surface area contributed by atoms with Crippen LogP contribution >= 0.6 is 0 Å². The van der Waals surface area contributed by atoms with E-state index in [1.54, 1.807) is 6.08 Å². The van der Waals surface area contributed by atoms with Gasteiger partial charge in [-0.05, 0) is 29.2 Å². The van der Waals surface area contributed by atoms with Crippen molar-refractivity contribution in [3.05, 3.63) is 120 Å². The summed E-state index contributed by atoms with van der Waals surface area (Å²) in [6, 6.07) is 30.4. The van der Waals surface area contributed by atoms with Crippen molar-refractivity contribution in [1.82, 2.24) is 4.90 Å². The highest BCUT2D eigenvalue weighted by Gasteiger charge is 2.12. The first kappa shape index (κ1) is 17.7. The number of carbonyl (C=O) groups excluding carboxylic acids is 1. The molecule has 0 heterocycles. The number of amides is 1. The molecule has 0 bridgehead atoms. The van der Waals surface area contributed by atoms with Gasteiger partial charge in [-0.15, -0.1) is 0 Å². The van der Waals surface area contributed by atoms with Crippen molar-refractivity contribution in [1.29, 1.82) is 0 Å². The highest BCUT2D eigenvalue weighted by atomic mass is 16.2. The van der Waals surface area contributed by atoms with Crippen molar-refractivity contribution in [3.8, 4) is 0 Å². The van der Waals surface area contributed by atoms with Crippen LogP contribution in [-0.2, 0) is 24.3 Å². The predicted octanol–water partition coefficient (Wildman–Crippen LogP) is 5.01. The molecule has 0 radical (unpaired) electrons. The lowest BCUT2D eigenvalue weighted by atomic mass is 10.1. The van der Waals surface area contributed by atoms with Gasteiger partial charge in [-0.25, -0.2) is 0 Å². The molecule has 0 atom stereocenters. The summed E-state index contributed by atoms with van der Waals surface area (Å²) in [6.07, 6.45) is 4.40.